The van der Waals surface area contributed by atoms with Crippen molar-refractivity contribution >= 4 is 52.0 Å². The van der Waals surface area contributed by atoms with Gasteiger partial charge in [-0.25, -0.2) is 15.2 Å². The molecule has 17 heteroatoms. The van der Waals surface area contributed by atoms with Gasteiger partial charge in [0.05, 0.1) is 40.8 Å². The van der Waals surface area contributed by atoms with E-state index in [1.54, 1.807) is 42.1 Å². The molecule has 4 aliphatic heterocycles. The summed E-state index contributed by atoms with van der Waals surface area (Å²) >= 11 is 1.45. The van der Waals surface area contributed by atoms with Gasteiger partial charge in [0, 0.05) is 99.4 Å². The number of rotatable bonds is 9. The lowest BCUT2D eigenvalue weighted by Gasteiger charge is -2.55. The van der Waals surface area contributed by atoms with Crippen molar-refractivity contribution in [2.45, 2.75) is 110 Å². The van der Waals surface area contributed by atoms with Gasteiger partial charge in [-0.3, -0.25) is 29.2 Å². The van der Waals surface area contributed by atoms with E-state index in [9.17, 15) is 14.4 Å². The third-order valence-corrected chi connectivity index (χ3v) is 15.2. The Labute approximate surface area is 397 Å². The van der Waals surface area contributed by atoms with Gasteiger partial charge in [0.2, 0.25) is 11.8 Å². The Hall–Kier alpha value is -5.65. The molecule has 8 rings (SSSR count). The molecule has 0 saturated carbocycles. The van der Waals surface area contributed by atoms with E-state index in [1.165, 1.54) is 27.3 Å². The SMILES string of the molecule is C=CC(=O)N1CC(N(C)C(=O)N(C)[C@H](C(=O)N2CC[C@@]23Cc2nc(cs2)-c2ccc4c(c2)c(c(-c2cccnc2[C@H](C)OC)n4CC)CC(C)(C)COC(=O)[C@@H]2CCCN(N2)C3=O)C(C)C)C1. The first-order chi connectivity index (χ1) is 31.9. The number of carbonyl (C=O) groups excluding carboxylic acids is 5. The molecule has 1 spiro atoms. The largest absolute Gasteiger partial charge is 0.464 e. The molecule has 1 aromatic carbocycles. The number of esters is 1. The summed E-state index contributed by atoms with van der Waals surface area (Å²) < 4.78 is 14.3. The fourth-order valence-corrected chi connectivity index (χ4v) is 11.3. The highest BCUT2D eigenvalue weighted by Gasteiger charge is 2.58. The van der Waals surface area contributed by atoms with Crippen molar-refractivity contribution < 1.29 is 33.4 Å². The molecule has 7 heterocycles. The van der Waals surface area contributed by atoms with Crippen molar-refractivity contribution in [3.8, 4) is 22.5 Å². The number of methoxy groups -OCH3 is 1. The average Bonchev–Trinajstić information content (AvgIpc) is 3.89. The van der Waals surface area contributed by atoms with Crippen molar-refractivity contribution in [1.29, 1.82) is 0 Å². The van der Waals surface area contributed by atoms with E-state index in [0.29, 0.717) is 63.4 Å². The van der Waals surface area contributed by atoms with E-state index in [2.05, 4.69) is 61.6 Å². The Morgan fingerprint density at radius 2 is 1.87 bits per heavy atom. The second-order valence-corrected chi connectivity index (χ2v) is 20.7. The second-order valence-electron chi connectivity index (χ2n) is 19.7. The van der Waals surface area contributed by atoms with Crippen molar-refractivity contribution in [2.24, 2.45) is 11.3 Å². The summed E-state index contributed by atoms with van der Waals surface area (Å²) in [7, 11) is 4.99. The zero-order valence-electron chi connectivity index (χ0n) is 40.3. The number of benzene rings is 1. The highest BCUT2D eigenvalue weighted by molar-refractivity contribution is 7.10. The standard InChI is InChI=1S/C50H65N9O7S/c1-11-41(60)56-26-33(27-56)54(8)48(64)55(9)43(30(3)4)45(61)58-22-19-50(58)25-40-52-38(28-67-40)32-17-18-39-35(23-32)36(44(57(39)12-2)34-15-13-20-51-42(34)31(5)65-10)24-49(6,7)29-66-46(62)37-16-14-21-59(53-37)47(50)63/h11,13,15,17-18,20,23,28,30-31,33,37,43,53H,1,12,14,16,19,21-22,24-27,29H2,2-10H3/t31-,37-,43-,50-/m0/s1. The number of hydrazine groups is 1. The Morgan fingerprint density at radius 1 is 1.10 bits per heavy atom. The second kappa shape index (κ2) is 18.8. The van der Waals surface area contributed by atoms with E-state index in [1.807, 2.05) is 32.2 Å². The maximum Gasteiger partial charge on any atom is 0.324 e. The molecule has 358 valence electrons. The van der Waals surface area contributed by atoms with Crippen molar-refractivity contribution in [3.63, 3.8) is 0 Å². The van der Waals surface area contributed by atoms with Gasteiger partial charge in [-0.2, -0.15) is 0 Å². The topological polar surface area (TPSA) is 163 Å². The minimum Gasteiger partial charge on any atom is -0.464 e. The van der Waals surface area contributed by atoms with Crippen LogP contribution in [0, 0.1) is 11.3 Å². The molecule has 5 amide bonds. The van der Waals surface area contributed by atoms with Crippen LogP contribution in [0.3, 0.4) is 0 Å². The van der Waals surface area contributed by atoms with Gasteiger partial charge < -0.3 is 33.6 Å². The van der Waals surface area contributed by atoms with E-state index >= 15 is 9.59 Å². The van der Waals surface area contributed by atoms with Crippen LogP contribution >= 0.6 is 11.3 Å². The molecular formula is C50H65N9O7S. The number of thiazole rings is 1. The Balaban J connectivity index is 1.19. The number of urea groups is 1. The fraction of sp³-hybridized carbons (Fsp3) is 0.540. The number of carbonyl (C=O) groups is 5. The molecular weight excluding hydrogens is 871 g/mol. The molecule has 0 radical (unpaired) electrons. The summed E-state index contributed by atoms with van der Waals surface area (Å²) in [4.78, 5) is 86.8. The zero-order chi connectivity index (χ0) is 48.1. The highest BCUT2D eigenvalue weighted by atomic mass is 32.1. The van der Waals surface area contributed by atoms with Crippen LogP contribution in [0.15, 0.2) is 54.6 Å². The lowest BCUT2D eigenvalue weighted by molar-refractivity contribution is -0.174. The van der Waals surface area contributed by atoms with Crippen LogP contribution in [0.4, 0.5) is 4.79 Å². The normalized spacial score (nSPS) is 21.9. The number of hydrogen-bond acceptors (Lipinski definition) is 11. The van der Waals surface area contributed by atoms with Gasteiger partial charge in [0.25, 0.3) is 5.91 Å². The summed E-state index contributed by atoms with van der Waals surface area (Å²) in [5.74, 6) is -1.60. The summed E-state index contributed by atoms with van der Waals surface area (Å²) in [5.41, 5.74) is 8.07. The average molecular weight is 936 g/mol. The lowest BCUT2D eigenvalue weighted by Crippen LogP contribution is -2.75. The highest BCUT2D eigenvalue weighted by Crippen LogP contribution is 2.43. The van der Waals surface area contributed by atoms with Crippen LogP contribution < -0.4 is 5.43 Å². The molecule has 16 nitrogen and oxygen atoms in total. The van der Waals surface area contributed by atoms with Crippen LogP contribution in [-0.2, 0) is 48.0 Å². The minimum atomic E-state index is -1.34. The monoisotopic (exact) mass is 935 g/mol. The fourth-order valence-electron chi connectivity index (χ4n) is 10.4. The predicted molar refractivity (Wildman–Crippen MR) is 257 cm³/mol. The first-order valence-electron chi connectivity index (χ1n) is 23.5. The third kappa shape index (κ3) is 8.74. The number of amides is 5. The summed E-state index contributed by atoms with van der Waals surface area (Å²) in [6.07, 6.45) is 4.92. The quantitative estimate of drug-likeness (QED) is 0.154. The molecule has 4 aromatic rings. The number of nitrogens with zero attached hydrogens (tertiary/aromatic N) is 8. The molecule has 4 aliphatic rings. The number of likely N-dealkylation sites (N-methyl/N-ethyl adjacent to an activating group) is 2. The first kappa shape index (κ1) is 47.8. The van der Waals surface area contributed by atoms with Crippen molar-refractivity contribution in [2.75, 3.05) is 54.0 Å². The summed E-state index contributed by atoms with van der Waals surface area (Å²) in [6, 6.07) is 8.23. The number of fused-ring (bicyclic) bond motifs is 6. The van der Waals surface area contributed by atoms with Crippen LogP contribution in [0.2, 0.25) is 0 Å². The number of hydrogen-bond donors (Lipinski definition) is 1. The zero-order valence-corrected chi connectivity index (χ0v) is 41.2. The number of nitrogens with one attached hydrogen (secondary N) is 1. The number of aryl methyl sites for hydroxylation is 1. The molecule has 1 N–H and O–H groups in total. The predicted octanol–water partition coefficient (Wildman–Crippen LogP) is 6.09. The molecule has 4 atom stereocenters. The van der Waals surface area contributed by atoms with Crippen LogP contribution in [0.5, 0.6) is 0 Å². The van der Waals surface area contributed by atoms with Crippen LogP contribution in [0.25, 0.3) is 33.4 Å². The Bertz CT molecular complexity index is 2580. The van der Waals surface area contributed by atoms with Gasteiger partial charge in [0.1, 0.15) is 17.6 Å². The minimum absolute atomic E-state index is 0.135. The summed E-state index contributed by atoms with van der Waals surface area (Å²) in [5, 5.41) is 5.26. The maximum absolute atomic E-state index is 15.2. The molecule has 0 aliphatic carbocycles. The van der Waals surface area contributed by atoms with Crippen LogP contribution in [-0.4, -0.2) is 147 Å². The van der Waals surface area contributed by atoms with Gasteiger partial charge in [-0.15, -0.1) is 11.3 Å². The molecule has 3 saturated heterocycles. The number of pyridine rings is 1. The van der Waals surface area contributed by atoms with Gasteiger partial charge >= 0.3 is 12.0 Å². The smallest absolute Gasteiger partial charge is 0.324 e. The molecule has 67 heavy (non-hydrogen) atoms. The lowest BCUT2D eigenvalue weighted by atomic mass is 9.78. The van der Waals surface area contributed by atoms with Crippen molar-refractivity contribution in [1.82, 2.24) is 44.6 Å². The Kier molecular flexibility index (Phi) is 13.4. The molecule has 0 unspecified atom stereocenters. The number of ether oxygens (including phenoxy) is 2. The number of aromatic nitrogens is 3. The Morgan fingerprint density at radius 3 is 2.54 bits per heavy atom. The number of cyclic esters (lactones) is 1. The van der Waals surface area contributed by atoms with Gasteiger partial charge in [0.15, 0.2) is 0 Å². The van der Waals surface area contributed by atoms with Gasteiger partial charge in [-0.1, -0.05) is 40.3 Å². The summed E-state index contributed by atoms with van der Waals surface area (Å²) in [6.45, 7) is 17.9. The van der Waals surface area contributed by atoms with Crippen molar-refractivity contribution in [3.05, 3.63) is 70.8 Å². The third-order valence-electron chi connectivity index (χ3n) is 14.3. The van der Waals surface area contributed by atoms with E-state index < -0.39 is 29.0 Å². The van der Waals surface area contributed by atoms with E-state index in [0.717, 1.165) is 44.7 Å². The molecule has 6 bridgehead atoms. The molecule has 3 aromatic heterocycles. The number of likely N-dealkylation sites (tertiary alicyclic amines) is 2. The van der Waals surface area contributed by atoms with Gasteiger partial charge in [-0.05, 0) is 81.4 Å². The van der Waals surface area contributed by atoms with Crippen LogP contribution in [0.1, 0.15) is 83.2 Å². The van der Waals surface area contributed by atoms with E-state index in [4.69, 9.17) is 19.4 Å². The first-order valence-corrected chi connectivity index (χ1v) is 24.4. The molecule has 3 fully saturated rings. The maximum atomic E-state index is 15.2. The van der Waals surface area contributed by atoms with E-state index in [-0.39, 0.29) is 54.8 Å².